The van der Waals surface area contributed by atoms with Gasteiger partial charge in [-0.2, -0.15) is 0 Å². The molecule has 1 heterocycles. The van der Waals surface area contributed by atoms with Gasteiger partial charge in [0.25, 0.3) is 0 Å². The van der Waals surface area contributed by atoms with E-state index >= 15 is 0 Å². The van der Waals surface area contributed by atoms with Crippen LogP contribution >= 0.6 is 11.6 Å². The molecule has 4 rings (SSSR count). The molecule has 3 aromatic rings. The first-order valence-electron chi connectivity index (χ1n) is 10.3. The molecule has 0 saturated carbocycles. The maximum atomic E-state index is 12.4. The first-order valence-corrected chi connectivity index (χ1v) is 10.7. The van der Waals surface area contributed by atoms with Crippen LogP contribution in [0.2, 0.25) is 5.02 Å². The van der Waals surface area contributed by atoms with Gasteiger partial charge in [0, 0.05) is 16.1 Å². The molecule has 5 nitrogen and oxygen atoms in total. The summed E-state index contributed by atoms with van der Waals surface area (Å²) in [5.74, 6) is 0.682. The molecule has 0 aromatic heterocycles. The minimum absolute atomic E-state index is 0.356. The van der Waals surface area contributed by atoms with E-state index in [0.29, 0.717) is 40.8 Å². The number of methoxy groups -OCH3 is 1. The average molecular weight is 460 g/mol. The van der Waals surface area contributed by atoms with Crippen LogP contribution in [0.25, 0.3) is 6.08 Å². The van der Waals surface area contributed by atoms with Crippen molar-refractivity contribution in [2.24, 2.45) is 5.16 Å². The van der Waals surface area contributed by atoms with Crippen LogP contribution in [0.4, 0.5) is 0 Å². The Morgan fingerprint density at radius 3 is 2.55 bits per heavy atom. The molecule has 0 bridgehead atoms. The van der Waals surface area contributed by atoms with Crippen molar-refractivity contribution in [2.75, 3.05) is 7.11 Å². The smallest absolute Gasteiger partial charge is 0.368 e. The van der Waals surface area contributed by atoms with Gasteiger partial charge in [-0.25, -0.2) is 4.79 Å². The predicted molar refractivity (Wildman–Crippen MR) is 130 cm³/mol. The molecule has 6 heteroatoms. The highest BCUT2D eigenvalue weighted by Gasteiger charge is 2.27. The number of ether oxygens (including phenoxy) is 2. The summed E-state index contributed by atoms with van der Waals surface area (Å²) in [6, 6.07) is 20.7. The molecule has 0 radical (unpaired) electrons. The Balaban J connectivity index is 1.68. The van der Waals surface area contributed by atoms with Crippen molar-refractivity contribution in [3.63, 3.8) is 0 Å². The number of oxime groups is 1. The molecule has 0 N–H and O–H groups in total. The molecule has 166 valence electrons. The number of halogens is 1. The molecule has 0 fully saturated rings. The van der Waals surface area contributed by atoms with E-state index in [-0.39, 0.29) is 0 Å². The SMILES string of the molecule is C=CCc1cc(/C=C2\C(=O)ON=C2c2ccccc2)cc(OC)c1OCc1ccc(Cl)cc1. The van der Waals surface area contributed by atoms with Crippen LogP contribution < -0.4 is 9.47 Å². The van der Waals surface area contributed by atoms with E-state index in [1.54, 1.807) is 19.3 Å². The zero-order valence-corrected chi connectivity index (χ0v) is 18.8. The summed E-state index contributed by atoms with van der Waals surface area (Å²) in [5.41, 5.74) is 4.30. The second kappa shape index (κ2) is 10.2. The standard InChI is InChI=1S/C27H22ClNO4/c1-3-7-21-14-19(15-23-25(29-33-27(23)30)20-8-5-4-6-9-20)16-24(31-2)26(21)32-17-18-10-12-22(28)13-11-18/h3-6,8-16H,1,7,17H2,2H3/b23-15-. The monoisotopic (exact) mass is 459 g/mol. The normalized spacial score (nSPS) is 14.1. The minimum atomic E-state index is -0.499. The summed E-state index contributed by atoms with van der Waals surface area (Å²) < 4.78 is 11.7. The zero-order valence-electron chi connectivity index (χ0n) is 18.1. The van der Waals surface area contributed by atoms with E-state index in [9.17, 15) is 4.79 Å². The van der Waals surface area contributed by atoms with Crippen LogP contribution in [-0.4, -0.2) is 18.8 Å². The third-order valence-electron chi connectivity index (χ3n) is 5.09. The van der Waals surface area contributed by atoms with E-state index in [2.05, 4.69) is 11.7 Å². The maximum absolute atomic E-state index is 12.4. The van der Waals surface area contributed by atoms with Crippen molar-refractivity contribution in [1.82, 2.24) is 0 Å². The molecule has 0 atom stereocenters. The van der Waals surface area contributed by atoms with Gasteiger partial charge in [0.2, 0.25) is 0 Å². The number of hydrogen-bond donors (Lipinski definition) is 0. The third kappa shape index (κ3) is 5.16. The fourth-order valence-electron chi connectivity index (χ4n) is 3.51. The zero-order chi connectivity index (χ0) is 23.2. The van der Waals surface area contributed by atoms with Crippen LogP contribution in [0.3, 0.4) is 0 Å². The molecule has 1 aliphatic heterocycles. The third-order valence-corrected chi connectivity index (χ3v) is 5.34. The van der Waals surface area contributed by atoms with Gasteiger partial charge in [-0.05, 0) is 47.9 Å². The molecule has 3 aromatic carbocycles. The Kier molecular flexibility index (Phi) is 6.91. The minimum Gasteiger partial charge on any atom is -0.493 e. The molecule has 0 spiro atoms. The highest BCUT2D eigenvalue weighted by atomic mass is 35.5. The molecule has 33 heavy (non-hydrogen) atoms. The second-order valence-corrected chi connectivity index (χ2v) is 7.80. The van der Waals surface area contributed by atoms with Gasteiger partial charge in [0.1, 0.15) is 12.3 Å². The molecular weight excluding hydrogens is 438 g/mol. The van der Waals surface area contributed by atoms with Crippen molar-refractivity contribution in [2.45, 2.75) is 13.0 Å². The van der Waals surface area contributed by atoms with Crippen LogP contribution in [0.15, 0.2) is 90.1 Å². The number of hydrogen-bond acceptors (Lipinski definition) is 5. The lowest BCUT2D eigenvalue weighted by Gasteiger charge is -2.16. The van der Waals surface area contributed by atoms with Gasteiger partial charge in [-0.15, -0.1) is 6.58 Å². The molecule has 0 amide bonds. The fraction of sp³-hybridized carbons (Fsp3) is 0.111. The summed E-state index contributed by atoms with van der Waals surface area (Å²) in [7, 11) is 1.58. The summed E-state index contributed by atoms with van der Waals surface area (Å²) in [4.78, 5) is 17.3. The Morgan fingerprint density at radius 2 is 1.85 bits per heavy atom. The van der Waals surface area contributed by atoms with Gasteiger partial charge < -0.3 is 14.3 Å². The Morgan fingerprint density at radius 1 is 1.09 bits per heavy atom. The second-order valence-electron chi connectivity index (χ2n) is 7.36. The van der Waals surface area contributed by atoms with Crippen molar-refractivity contribution >= 4 is 29.4 Å². The number of rotatable bonds is 8. The van der Waals surface area contributed by atoms with Gasteiger partial charge in [-0.1, -0.05) is 65.3 Å². The molecule has 0 unspecified atom stereocenters. The Hall–Kier alpha value is -3.83. The van der Waals surface area contributed by atoms with Gasteiger partial charge in [0.15, 0.2) is 11.5 Å². The lowest BCUT2D eigenvalue weighted by Crippen LogP contribution is -2.07. The van der Waals surface area contributed by atoms with Gasteiger partial charge in [0.05, 0.1) is 12.7 Å². The van der Waals surface area contributed by atoms with Crippen LogP contribution in [0, 0.1) is 0 Å². The molecule has 0 saturated heterocycles. The number of carbonyl (C=O) groups is 1. The van der Waals surface area contributed by atoms with Crippen LogP contribution in [-0.2, 0) is 22.7 Å². The highest BCUT2D eigenvalue weighted by Crippen LogP contribution is 2.35. The lowest BCUT2D eigenvalue weighted by molar-refractivity contribution is -0.136. The topological polar surface area (TPSA) is 57.1 Å². The van der Waals surface area contributed by atoms with Gasteiger partial charge >= 0.3 is 5.97 Å². The van der Waals surface area contributed by atoms with Gasteiger partial charge in [-0.3, -0.25) is 0 Å². The number of allylic oxidation sites excluding steroid dienone is 1. The maximum Gasteiger partial charge on any atom is 0.368 e. The summed E-state index contributed by atoms with van der Waals surface area (Å²) in [6.45, 7) is 4.21. The summed E-state index contributed by atoms with van der Waals surface area (Å²) in [5, 5.41) is 4.64. The summed E-state index contributed by atoms with van der Waals surface area (Å²) >= 11 is 5.97. The summed E-state index contributed by atoms with van der Waals surface area (Å²) in [6.07, 6.45) is 4.11. The van der Waals surface area contributed by atoms with Crippen molar-refractivity contribution in [1.29, 1.82) is 0 Å². The van der Waals surface area contributed by atoms with E-state index in [1.807, 2.05) is 66.7 Å². The number of nitrogens with zero attached hydrogens (tertiary/aromatic N) is 1. The Bertz CT molecular complexity index is 1230. The lowest BCUT2D eigenvalue weighted by atomic mass is 9.99. The Labute approximate surface area is 197 Å². The van der Waals surface area contributed by atoms with E-state index < -0.39 is 5.97 Å². The van der Waals surface area contributed by atoms with Crippen molar-refractivity contribution in [3.8, 4) is 11.5 Å². The van der Waals surface area contributed by atoms with Crippen LogP contribution in [0.5, 0.6) is 11.5 Å². The van der Waals surface area contributed by atoms with Crippen LogP contribution in [0.1, 0.15) is 22.3 Å². The van der Waals surface area contributed by atoms with E-state index in [1.165, 1.54) is 0 Å². The van der Waals surface area contributed by atoms with Crippen molar-refractivity contribution in [3.05, 3.63) is 112 Å². The fourth-order valence-corrected chi connectivity index (χ4v) is 3.63. The number of carbonyl (C=O) groups excluding carboxylic acids is 1. The highest BCUT2D eigenvalue weighted by molar-refractivity contribution is 6.31. The van der Waals surface area contributed by atoms with E-state index in [4.69, 9.17) is 25.9 Å². The average Bonchev–Trinajstić information content (AvgIpc) is 3.20. The first kappa shape index (κ1) is 22.4. The molecular formula is C27H22ClNO4. The molecule has 1 aliphatic rings. The predicted octanol–water partition coefficient (Wildman–Crippen LogP) is 6.00. The quantitative estimate of drug-likeness (QED) is 0.235. The van der Waals surface area contributed by atoms with E-state index in [0.717, 1.165) is 22.3 Å². The molecule has 0 aliphatic carbocycles. The number of benzene rings is 3. The largest absolute Gasteiger partial charge is 0.493 e. The first-order chi connectivity index (χ1) is 16.1. The van der Waals surface area contributed by atoms with Crippen molar-refractivity contribution < 1.29 is 19.1 Å².